The highest BCUT2D eigenvalue weighted by atomic mass is 16.7. The number of phenols is 2. The van der Waals surface area contributed by atoms with Crippen LogP contribution in [0, 0.1) is 0 Å². The van der Waals surface area contributed by atoms with E-state index < -0.39 is 55.3 Å². The van der Waals surface area contributed by atoms with Crippen LogP contribution in [0.1, 0.15) is 168 Å². The van der Waals surface area contributed by atoms with Crippen molar-refractivity contribution >= 4 is 11.8 Å². The molecule has 3 aromatic carbocycles. The quantitative estimate of drug-likeness (QED) is 0.0442. The fraction of sp³-hybridized carbons (Fsp3) is 0.593. The van der Waals surface area contributed by atoms with Gasteiger partial charge in [-0.2, -0.15) is 0 Å². The lowest BCUT2D eigenvalue weighted by Crippen LogP contribution is -2.47. The van der Waals surface area contributed by atoms with E-state index in [-0.39, 0.29) is 61.3 Å². The molecule has 75 heavy (non-hydrogen) atoms. The summed E-state index contributed by atoms with van der Waals surface area (Å²) in [6, 6.07) is 20.7. The number of aliphatic hydroxyl groups excluding tert-OH is 3. The van der Waals surface area contributed by atoms with Crippen LogP contribution in [0.5, 0.6) is 11.5 Å². The molecule has 4 fully saturated rings. The second-order valence-corrected chi connectivity index (χ2v) is 20.2. The molecule has 5 heterocycles. The van der Waals surface area contributed by atoms with Gasteiger partial charge in [0.05, 0.1) is 85.8 Å². The molecule has 8 rings (SSSR count). The van der Waals surface area contributed by atoms with E-state index in [4.69, 9.17) is 37.9 Å². The van der Waals surface area contributed by atoms with E-state index in [0.29, 0.717) is 118 Å². The average molecular weight is 1040 g/mol. The number of hydrogen-bond donors (Lipinski definition) is 5. The van der Waals surface area contributed by atoms with Gasteiger partial charge in [0, 0.05) is 29.5 Å². The highest BCUT2D eigenvalue weighted by Crippen LogP contribution is 2.38. The van der Waals surface area contributed by atoms with E-state index >= 15 is 0 Å². The number of aromatic hydroxyl groups is 2. The Morgan fingerprint density at radius 2 is 1.15 bits per heavy atom. The third kappa shape index (κ3) is 16.5. The molecular formula is C59H81NO15. The first-order chi connectivity index (χ1) is 36.4. The summed E-state index contributed by atoms with van der Waals surface area (Å²) >= 11 is 0. The van der Waals surface area contributed by atoms with Gasteiger partial charge < -0.3 is 63.4 Å². The third-order valence-corrected chi connectivity index (χ3v) is 14.5. The van der Waals surface area contributed by atoms with Gasteiger partial charge in [0.15, 0.2) is 25.2 Å². The van der Waals surface area contributed by atoms with Gasteiger partial charge >= 0.3 is 0 Å². The molecule has 3 aromatic rings. The summed E-state index contributed by atoms with van der Waals surface area (Å²) in [6.07, 6.45) is 8.89. The van der Waals surface area contributed by atoms with E-state index in [0.717, 1.165) is 12.8 Å². The first-order valence-corrected chi connectivity index (χ1v) is 27.4. The number of nitrogens with zero attached hydrogens (tertiary/aromatic N) is 1. The van der Waals surface area contributed by atoms with Gasteiger partial charge in [-0.1, -0.05) is 80.6 Å². The molecule has 16 heteroatoms. The summed E-state index contributed by atoms with van der Waals surface area (Å²) in [5, 5.41) is 53.7. The molecule has 0 radical (unpaired) electrons. The molecule has 412 valence electrons. The van der Waals surface area contributed by atoms with E-state index in [1.165, 1.54) is 4.90 Å². The van der Waals surface area contributed by atoms with Crippen molar-refractivity contribution in [3.8, 4) is 11.5 Å². The predicted octanol–water partition coefficient (Wildman–Crippen LogP) is 9.63. The fourth-order valence-corrected chi connectivity index (χ4v) is 10.7. The first-order valence-electron chi connectivity index (χ1n) is 27.4. The predicted molar refractivity (Wildman–Crippen MR) is 279 cm³/mol. The van der Waals surface area contributed by atoms with Crippen molar-refractivity contribution in [3.05, 3.63) is 119 Å². The van der Waals surface area contributed by atoms with E-state index in [2.05, 4.69) is 0 Å². The van der Waals surface area contributed by atoms with E-state index in [1.54, 1.807) is 60.7 Å². The van der Waals surface area contributed by atoms with Crippen molar-refractivity contribution in [1.82, 2.24) is 4.90 Å². The van der Waals surface area contributed by atoms with Crippen LogP contribution in [0.3, 0.4) is 0 Å². The number of fused-ring (bicyclic) bond motifs is 1. The Morgan fingerprint density at radius 3 is 1.75 bits per heavy atom. The maximum absolute atomic E-state index is 13.4. The monoisotopic (exact) mass is 1040 g/mol. The maximum atomic E-state index is 13.4. The summed E-state index contributed by atoms with van der Waals surface area (Å²) in [4.78, 5) is 28.0. The lowest BCUT2D eigenvalue weighted by Gasteiger charge is -2.38. The molecule has 2 amide bonds. The number of imide groups is 1. The van der Waals surface area contributed by atoms with Crippen molar-refractivity contribution in [3.63, 3.8) is 0 Å². The van der Waals surface area contributed by atoms with Gasteiger partial charge in [-0.25, -0.2) is 0 Å². The smallest absolute Gasteiger partial charge is 0.261 e. The average Bonchev–Trinajstić information content (AvgIpc) is 3.64. The summed E-state index contributed by atoms with van der Waals surface area (Å²) in [6.45, 7) is 8.05. The molecule has 0 aromatic heterocycles. The number of allylic oxidation sites excluding steroid dienone is 3. The van der Waals surface area contributed by atoms with Gasteiger partial charge in [0.2, 0.25) is 0 Å². The Bertz CT molecular complexity index is 2270. The van der Waals surface area contributed by atoms with Crippen LogP contribution in [0.2, 0.25) is 0 Å². The number of hydrogen-bond acceptors (Lipinski definition) is 15. The fourth-order valence-electron chi connectivity index (χ4n) is 10.7. The zero-order valence-corrected chi connectivity index (χ0v) is 44.2. The number of phenolic OH excluding ortho intramolecular Hbond substituents is 2. The van der Waals surface area contributed by atoms with Crippen molar-refractivity contribution in [2.45, 2.75) is 204 Å². The van der Waals surface area contributed by atoms with Crippen molar-refractivity contribution < 1.29 is 73.0 Å². The van der Waals surface area contributed by atoms with Gasteiger partial charge in [0.25, 0.3) is 11.8 Å². The molecule has 0 aliphatic carbocycles. The highest BCUT2D eigenvalue weighted by molar-refractivity contribution is 6.21. The summed E-state index contributed by atoms with van der Waals surface area (Å²) < 4.78 is 50.1. The Hall–Kier alpha value is -4.56. The molecule has 5 aliphatic rings. The molecule has 5 N–H and O–H groups in total. The number of para-hydroxylation sites is 2. The highest BCUT2D eigenvalue weighted by Gasteiger charge is 2.41. The van der Waals surface area contributed by atoms with Crippen LogP contribution in [0.25, 0.3) is 0 Å². The molecule has 16 nitrogen and oxygen atoms in total. The Kier molecular flexibility index (Phi) is 22.7. The second kappa shape index (κ2) is 29.3. The zero-order chi connectivity index (χ0) is 53.3. The van der Waals surface area contributed by atoms with Crippen LogP contribution in [0.15, 0.2) is 96.6 Å². The molecule has 4 saturated heterocycles. The molecule has 0 bridgehead atoms. The summed E-state index contributed by atoms with van der Waals surface area (Å²) in [5.74, 6) is -0.549. The van der Waals surface area contributed by atoms with Gasteiger partial charge in [-0.15, -0.1) is 0 Å². The van der Waals surface area contributed by atoms with Crippen LogP contribution < -0.4 is 0 Å². The van der Waals surface area contributed by atoms with Crippen molar-refractivity contribution in [2.75, 3.05) is 19.8 Å². The number of aliphatic hydroxyl groups is 3. The SMILES string of the molecule is C/C=C\C=C(/CO)C1OC(CCCC(O)CC2CC(CCCC3CC(C)OC(c4ccccc4O)O3)OC(CN3C(=O)c4ccccc4C3=O)O2)CC(CCCC(O)CC2CCOC(c3ccccc3O)O2)O1.CC. The number of benzene rings is 3. The minimum atomic E-state index is -0.887. The lowest BCUT2D eigenvalue weighted by molar-refractivity contribution is -0.252. The lowest BCUT2D eigenvalue weighted by atomic mass is 9.95. The van der Waals surface area contributed by atoms with Crippen LogP contribution >= 0.6 is 0 Å². The van der Waals surface area contributed by atoms with E-state index in [9.17, 15) is 35.1 Å². The number of ether oxygens (including phenoxy) is 8. The number of carbonyl (C=O) groups excluding carboxylic acids is 2. The molecule has 13 atom stereocenters. The molecule has 5 aliphatic heterocycles. The largest absolute Gasteiger partial charge is 0.507 e. The summed E-state index contributed by atoms with van der Waals surface area (Å²) in [7, 11) is 0. The Morgan fingerprint density at radius 1 is 0.640 bits per heavy atom. The number of amides is 2. The number of carbonyl (C=O) groups is 2. The van der Waals surface area contributed by atoms with Crippen molar-refractivity contribution in [2.24, 2.45) is 0 Å². The van der Waals surface area contributed by atoms with Crippen LogP contribution in [-0.4, -0.2) is 130 Å². The first kappa shape index (κ1) is 58.1. The Labute approximate surface area is 442 Å². The molecule has 13 unspecified atom stereocenters. The minimum Gasteiger partial charge on any atom is -0.507 e. The second-order valence-electron chi connectivity index (χ2n) is 20.2. The van der Waals surface area contributed by atoms with Crippen LogP contribution in [-0.2, 0) is 37.9 Å². The Balaban J connectivity index is 0.00000405. The van der Waals surface area contributed by atoms with Crippen molar-refractivity contribution in [1.29, 1.82) is 0 Å². The normalized spacial score (nSPS) is 29.2. The standard InChI is InChI=1S/C57H75NO15.C2H6/c1-3-4-14-37(35-59)55-70-42(17-11-15-38(60)30-44-27-28-66-56(72-44)48-23-7-9-25-50(48)62)32-43(71-55)18-12-16-39(61)31-45-33-41(68-52(69-45)34-58-53(64)46-21-5-6-22-47(46)54(58)65)20-13-19-40-29-36(2)67-57(73-40)49-24-8-10-26-51(49)63;1-2/h3-10,14,21-26,36,38-45,52,55-57,59-63H,11-13,15-20,27-35H2,1-2H3;1-2H3/b4-3-,37-14+;. The third-order valence-electron chi connectivity index (χ3n) is 14.5. The van der Waals surface area contributed by atoms with Gasteiger partial charge in [-0.05, 0) is 122 Å². The topological polar surface area (TPSA) is 212 Å². The molecular weight excluding hydrogens is 963 g/mol. The molecule has 0 saturated carbocycles. The van der Waals surface area contributed by atoms with Gasteiger partial charge in [0.1, 0.15) is 11.5 Å². The zero-order valence-electron chi connectivity index (χ0n) is 44.2. The minimum absolute atomic E-state index is 0.0702. The maximum Gasteiger partial charge on any atom is 0.261 e. The van der Waals surface area contributed by atoms with E-state index in [1.807, 2.05) is 58.1 Å². The number of rotatable bonds is 23. The van der Waals surface area contributed by atoms with Gasteiger partial charge in [-0.3, -0.25) is 14.5 Å². The molecule has 0 spiro atoms. The van der Waals surface area contributed by atoms with Crippen LogP contribution in [0.4, 0.5) is 0 Å². The summed E-state index contributed by atoms with van der Waals surface area (Å²) in [5.41, 5.74) is 2.47.